The third-order valence-electron chi connectivity index (χ3n) is 2.04. The Morgan fingerprint density at radius 2 is 1.71 bits per heavy atom. The maximum Gasteiger partial charge on any atom is 0.425 e. The first-order valence-electron chi connectivity index (χ1n) is 4.24. The predicted octanol–water partition coefficient (Wildman–Crippen LogP) is 1.84. The largest absolute Gasteiger partial charge is 0.469 e. The van der Waals surface area contributed by atoms with Crippen LogP contribution in [0.3, 0.4) is 0 Å². The minimum atomic E-state index is -5.84. The normalized spacial score (nSPS) is 18.4. The van der Waals surface area contributed by atoms with Crippen molar-refractivity contribution < 1.29 is 41.0 Å². The van der Waals surface area contributed by atoms with Gasteiger partial charge in [-0.25, -0.2) is 4.39 Å². The van der Waals surface area contributed by atoms with Crippen molar-refractivity contribution in [3.63, 3.8) is 0 Å². The van der Waals surface area contributed by atoms with E-state index in [1.165, 1.54) is 0 Å². The summed E-state index contributed by atoms with van der Waals surface area (Å²) in [5.74, 6) is -6.55. The van der Waals surface area contributed by atoms with Gasteiger partial charge in [-0.3, -0.25) is 4.79 Å². The molecule has 0 aliphatic heterocycles. The van der Waals surface area contributed by atoms with Gasteiger partial charge in [0.2, 0.25) is 0 Å². The highest BCUT2D eigenvalue weighted by molar-refractivity contribution is 5.70. The maximum atomic E-state index is 13.0. The molecule has 0 aliphatic rings. The van der Waals surface area contributed by atoms with Crippen molar-refractivity contribution in [2.75, 3.05) is 7.11 Å². The summed E-state index contributed by atoms with van der Waals surface area (Å²) >= 11 is 0. The fraction of sp³-hybridized carbons (Fsp3) is 0.875. The van der Waals surface area contributed by atoms with Gasteiger partial charge in [-0.05, 0) is 6.92 Å². The number of aliphatic hydroxyl groups is 1. The van der Waals surface area contributed by atoms with Crippen LogP contribution in [-0.4, -0.2) is 42.1 Å². The second-order valence-electron chi connectivity index (χ2n) is 3.55. The van der Waals surface area contributed by atoms with Gasteiger partial charge in [0.15, 0.2) is 0 Å². The first kappa shape index (κ1) is 16.0. The van der Waals surface area contributed by atoms with Crippen molar-refractivity contribution in [2.45, 2.75) is 37.2 Å². The number of halogens is 6. The molecular weight excluding hydrogens is 258 g/mol. The number of ether oxygens (including phenoxy) is 1. The zero-order valence-electron chi connectivity index (χ0n) is 8.82. The van der Waals surface area contributed by atoms with Crippen molar-refractivity contribution in [3.8, 4) is 0 Å². The SMILES string of the molecule is COC(=O)CC(C)(O)C(F)(F)C(F)C(F)(F)F. The van der Waals surface area contributed by atoms with Gasteiger partial charge < -0.3 is 9.84 Å². The lowest BCUT2D eigenvalue weighted by atomic mass is 9.90. The van der Waals surface area contributed by atoms with Crippen LogP contribution in [0, 0.1) is 0 Å². The molecule has 17 heavy (non-hydrogen) atoms. The first-order valence-corrected chi connectivity index (χ1v) is 4.24. The summed E-state index contributed by atoms with van der Waals surface area (Å²) < 4.78 is 78.0. The van der Waals surface area contributed by atoms with E-state index >= 15 is 0 Å². The number of hydrogen-bond donors (Lipinski definition) is 1. The fourth-order valence-electron chi connectivity index (χ4n) is 0.950. The zero-order valence-corrected chi connectivity index (χ0v) is 8.82. The van der Waals surface area contributed by atoms with Crippen molar-refractivity contribution >= 4 is 5.97 Å². The second-order valence-corrected chi connectivity index (χ2v) is 3.55. The van der Waals surface area contributed by atoms with Crippen LogP contribution in [0.1, 0.15) is 13.3 Å². The van der Waals surface area contributed by atoms with E-state index in [0.717, 1.165) is 7.11 Å². The molecule has 0 aromatic heterocycles. The quantitative estimate of drug-likeness (QED) is 0.625. The van der Waals surface area contributed by atoms with E-state index in [9.17, 15) is 31.1 Å². The first-order chi connectivity index (χ1) is 7.36. The molecule has 3 nitrogen and oxygen atoms in total. The smallest absolute Gasteiger partial charge is 0.425 e. The van der Waals surface area contributed by atoms with Gasteiger partial charge in [0, 0.05) is 0 Å². The summed E-state index contributed by atoms with van der Waals surface area (Å²) in [4.78, 5) is 10.6. The number of carbonyl (C=O) groups excluding carboxylic acids is 1. The summed E-state index contributed by atoms with van der Waals surface area (Å²) in [6.45, 7) is 0.224. The van der Waals surface area contributed by atoms with Gasteiger partial charge in [-0.1, -0.05) is 0 Å². The molecule has 0 amide bonds. The van der Waals surface area contributed by atoms with Gasteiger partial charge in [0.1, 0.15) is 5.60 Å². The van der Waals surface area contributed by atoms with E-state index in [4.69, 9.17) is 5.11 Å². The fourth-order valence-corrected chi connectivity index (χ4v) is 0.950. The number of carbonyl (C=O) groups is 1. The Labute approximate surface area is 92.4 Å². The van der Waals surface area contributed by atoms with Crippen molar-refractivity contribution in [2.24, 2.45) is 0 Å². The number of alkyl halides is 6. The number of hydrogen-bond acceptors (Lipinski definition) is 3. The monoisotopic (exact) mass is 268 g/mol. The molecule has 0 spiro atoms. The van der Waals surface area contributed by atoms with E-state index in [-0.39, 0.29) is 6.92 Å². The van der Waals surface area contributed by atoms with Crippen LogP contribution in [0.25, 0.3) is 0 Å². The summed E-state index contributed by atoms with van der Waals surface area (Å²) in [5.41, 5.74) is -3.50. The van der Waals surface area contributed by atoms with E-state index in [2.05, 4.69) is 4.74 Å². The number of esters is 1. The molecule has 0 aromatic carbocycles. The van der Waals surface area contributed by atoms with Gasteiger partial charge in [0.25, 0.3) is 6.17 Å². The summed E-state index contributed by atoms with van der Waals surface area (Å²) in [5, 5.41) is 9.09. The molecule has 2 atom stereocenters. The average molecular weight is 268 g/mol. The molecule has 0 radical (unpaired) electrons. The van der Waals surface area contributed by atoms with Crippen molar-refractivity contribution in [3.05, 3.63) is 0 Å². The van der Waals surface area contributed by atoms with E-state index < -0.39 is 36.3 Å². The van der Waals surface area contributed by atoms with Gasteiger partial charge in [-0.15, -0.1) is 0 Å². The summed E-state index contributed by atoms with van der Waals surface area (Å²) in [6, 6.07) is 0. The highest BCUT2D eigenvalue weighted by Gasteiger charge is 2.65. The lowest BCUT2D eigenvalue weighted by molar-refractivity contribution is -0.290. The Balaban J connectivity index is 5.08. The minimum absolute atomic E-state index is 0.224. The van der Waals surface area contributed by atoms with Crippen LogP contribution >= 0.6 is 0 Å². The van der Waals surface area contributed by atoms with Crippen LogP contribution in [-0.2, 0) is 9.53 Å². The van der Waals surface area contributed by atoms with E-state index in [0.29, 0.717) is 0 Å². The standard InChI is InChI=1S/C8H10F6O3/c1-6(16,3-4(15)17-2)7(10,11)5(9)8(12,13)14/h5,16H,3H2,1-2H3. The molecule has 0 rings (SSSR count). The molecule has 9 heteroatoms. The number of methoxy groups -OCH3 is 1. The van der Waals surface area contributed by atoms with Gasteiger partial charge >= 0.3 is 18.1 Å². The lowest BCUT2D eigenvalue weighted by Crippen LogP contribution is -2.57. The van der Waals surface area contributed by atoms with Crippen LogP contribution in [0.5, 0.6) is 0 Å². The lowest BCUT2D eigenvalue weighted by Gasteiger charge is -2.34. The Kier molecular flexibility index (Phi) is 4.44. The Hall–Kier alpha value is -0.990. The van der Waals surface area contributed by atoms with E-state index in [1.54, 1.807) is 0 Å². The Bertz CT molecular complexity index is 285. The Morgan fingerprint density at radius 3 is 2.00 bits per heavy atom. The molecule has 0 fully saturated rings. The van der Waals surface area contributed by atoms with Crippen molar-refractivity contribution in [1.82, 2.24) is 0 Å². The zero-order chi connectivity index (χ0) is 14.1. The molecule has 0 aliphatic carbocycles. The third-order valence-corrected chi connectivity index (χ3v) is 2.04. The van der Waals surface area contributed by atoms with Gasteiger partial charge in [0.05, 0.1) is 13.5 Å². The summed E-state index contributed by atoms with van der Waals surface area (Å²) in [7, 11) is 0.785. The number of rotatable bonds is 4. The molecule has 0 bridgehead atoms. The highest BCUT2D eigenvalue weighted by atomic mass is 19.4. The molecular formula is C8H10F6O3. The highest BCUT2D eigenvalue weighted by Crippen LogP contribution is 2.42. The van der Waals surface area contributed by atoms with Crippen LogP contribution < -0.4 is 0 Å². The second kappa shape index (κ2) is 4.71. The topological polar surface area (TPSA) is 46.5 Å². The minimum Gasteiger partial charge on any atom is -0.469 e. The molecule has 102 valence electrons. The van der Waals surface area contributed by atoms with Crippen LogP contribution in [0.4, 0.5) is 26.3 Å². The predicted molar refractivity (Wildman–Crippen MR) is 43.2 cm³/mol. The Morgan fingerprint density at radius 1 is 1.29 bits per heavy atom. The van der Waals surface area contributed by atoms with E-state index in [1.807, 2.05) is 0 Å². The maximum absolute atomic E-state index is 13.0. The summed E-state index contributed by atoms with van der Waals surface area (Å²) in [6.07, 6.45) is -11.9. The molecule has 0 saturated carbocycles. The van der Waals surface area contributed by atoms with Crippen LogP contribution in [0.2, 0.25) is 0 Å². The molecule has 1 N–H and O–H groups in total. The van der Waals surface area contributed by atoms with Gasteiger partial charge in [-0.2, -0.15) is 22.0 Å². The third kappa shape index (κ3) is 3.48. The molecule has 0 aromatic rings. The average Bonchev–Trinajstić information content (AvgIpc) is 2.13. The van der Waals surface area contributed by atoms with Crippen LogP contribution in [0.15, 0.2) is 0 Å². The molecule has 2 unspecified atom stereocenters. The molecule has 0 saturated heterocycles. The molecule has 0 heterocycles. The van der Waals surface area contributed by atoms with Crippen molar-refractivity contribution in [1.29, 1.82) is 0 Å².